The molecule has 2 aliphatic carbocycles. The van der Waals surface area contributed by atoms with Crippen LogP contribution in [0.5, 0.6) is 5.75 Å². The lowest BCUT2D eigenvalue weighted by Gasteiger charge is -2.21. The van der Waals surface area contributed by atoms with Gasteiger partial charge in [0.25, 0.3) is 0 Å². The molecule has 1 aromatic rings. The summed E-state index contributed by atoms with van der Waals surface area (Å²) in [6.07, 6.45) is 4.87. The van der Waals surface area contributed by atoms with Crippen LogP contribution in [0.1, 0.15) is 6.42 Å². The molecule has 2 bridgehead atoms. The molecular weight excluding hydrogens is 374 g/mol. The van der Waals surface area contributed by atoms with E-state index in [1.165, 1.54) is 19.1 Å². The first-order valence-electron chi connectivity index (χ1n) is 9.60. The van der Waals surface area contributed by atoms with Gasteiger partial charge in [0.1, 0.15) is 12.3 Å². The molecule has 8 heteroatoms. The van der Waals surface area contributed by atoms with Crippen LogP contribution in [0.25, 0.3) is 0 Å². The molecule has 1 saturated heterocycles. The Labute approximate surface area is 168 Å². The van der Waals surface area contributed by atoms with Gasteiger partial charge in [0.2, 0.25) is 23.6 Å². The average Bonchev–Trinajstić information content (AvgIpc) is 3.38. The number of benzene rings is 1. The number of anilines is 1. The van der Waals surface area contributed by atoms with Gasteiger partial charge in [0.05, 0.1) is 25.5 Å². The van der Waals surface area contributed by atoms with Crippen molar-refractivity contribution in [3.05, 3.63) is 36.4 Å². The molecule has 1 aromatic carbocycles. The summed E-state index contributed by atoms with van der Waals surface area (Å²) < 4.78 is 5.11. The Balaban J connectivity index is 1.33. The predicted molar refractivity (Wildman–Crippen MR) is 104 cm³/mol. The number of carbonyl (C=O) groups is 4. The Morgan fingerprint density at radius 2 is 1.83 bits per heavy atom. The van der Waals surface area contributed by atoms with E-state index in [9.17, 15) is 19.2 Å². The normalized spacial score (nSPS) is 26.6. The highest BCUT2D eigenvalue weighted by molar-refractivity contribution is 6.08. The summed E-state index contributed by atoms with van der Waals surface area (Å²) >= 11 is 0. The number of methoxy groups -OCH3 is 1. The van der Waals surface area contributed by atoms with Gasteiger partial charge >= 0.3 is 0 Å². The molecule has 152 valence electrons. The summed E-state index contributed by atoms with van der Waals surface area (Å²) in [5.41, 5.74) is 0.552. The number of imide groups is 1. The number of likely N-dealkylation sites (tertiary alicyclic amines) is 1. The van der Waals surface area contributed by atoms with E-state index in [0.717, 1.165) is 11.3 Å². The molecule has 2 fully saturated rings. The van der Waals surface area contributed by atoms with Crippen molar-refractivity contribution in [3.8, 4) is 5.75 Å². The van der Waals surface area contributed by atoms with Crippen LogP contribution in [0.2, 0.25) is 0 Å². The molecular formula is C21H23N3O5. The second-order valence-corrected chi connectivity index (χ2v) is 7.79. The third kappa shape index (κ3) is 3.39. The lowest BCUT2D eigenvalue weighted by atomic mass is 9.85. The Hall–Kier alpha value is -3.16. The van der Waals surface area contributed by atoms with Crippen molar-refractivity contribution >= 4 is 29.3 Å². The third-order valence-electron chi connectivity index (χ3n) is 6.02. The maximum atomic E-state index is 12.7. The lowest BCUT2D eigenvalue weighted by Crippen LogP contribution is -2.44. The molecule has 1 aliphatic heterocycles. The maximum absolute atomic E-state index is 12.7. The first-order valence-corrected chi connectivity index (χ1v) is 9.60. The smallest absolute Gasteiger partial charge is 0.243 e. The van der Waals surface area contributed by atoms with E-state index in [0.29, 0.717) is 11.4 Å². The van der Waals surface area contributed by atoms with Crippen molar-refractivity contribution < 1.29 is 23.9 Å². The number of carbonyl (C=O) groups excluding carboxylic acids is 4. The third-order valence-corrected chi connectivity index (χ3v) is 6.02. The Kier molecular flexibility index (Phi) is 4.86. The van der Waals surface area contributed by atoms with E-state index < -0.39 is 5.91 Å². The molecule has 1 saturated carbocycles. The SMILES string of the molecule is COc1cccc(NC(=O)CN(C)C(=O)CN2C(=O)C3C4C=CC(C4)C3C2=O)c1. The van der Waals surface area contributed by atoms with Crippen LogP contribution in [0, 0.1) is 23.7 Å². The average molecular weight is 397 g/mol. The molecule has 0 radical (unpaired) electrons. The van der Waals surface area contributed by atoms with Crippen LogP contribution >= 0.6 is 0 Å². The first-order chi connectivity index (χ1) is 13.9. The summed E-state index contributed by atoms with van der Waals surface area (Å²) in [5.74, 6) is -1.20. The summed E-state index contributed by atoms with van der Waals surface area (Å²) in [4.78, 5) is 52.4. The summed E-state index contributed by atoms with van der Waals surface area (Å²) in [6, 6.07) is 6.88. The van der Waals surface area contributed by atoms with Crippen molar-refractivity contribution in [2.24, 2.45) is 23.7 Å². The van der Waals surface area contributed by atoms with Gasteiger partial charge < -0.3 is 15.0 Å². The number of fused-ring (bicyclic) bond motifs is 5. The fourth-order valence-electron chi connectivity index (χ4n) is 4.58. The number of amides is 4. The highest BCUT2D eigenvalue weighted by atomic mass is 16.5. The minimum absolute atomic E-state index is 0.105. The van der Waals surface area contributed by atoms with E-state index >= 15 is 0 Å². The minimum Gasteiger partial charge on any atom is -0.497 e. The van der Waals surface area contributed by atoms with E-state index in [2.05, 4.69) is 5.32 Å². The number of rotatable bonds is 6. The standard InChI is InChI=1S/C21H23N3O5/c1-23(10-16(25)22-14-4-3-5-15(9-14)29-2)17(26)11-24-20(27)18-12-6-7-13(8-12)19(18)21(24)28/h3-7,9,12-13,18-19H,8,10-11H2,1-2H3,(H,22,25). The van der Waals surface area contributed by atoms with Gasteiger partial charge in [-0.05, 0) is 30.4 Å². The number of nitrogens with zero attached hydrogens (tertiary/aromatic N) is 2. The second-order valence-electron chi connectivity index (χ2n) is 7.79. The predicted octanol–water partition coefficient (Wildman–Crippen LogP) is 0.899. The molecule has 4 unspecified atom stereocenters. The zero-order valence-corrected chi connectivity index (χ0v) is 16.3. The number of ether oxygens (including phenoxy) is 1. The van der Waals surface area contributed by atoms with Crippen LogP contribution in [0.4, 0.5) is 5.69 Å². The zero-order chi connectivity index (χ0) is 20.7. The molecule has 1 N–H and O–H groups in total. The van der Waals surface area contributed by atoms with Gasteiger partial charge in [-0.15, -0.1) is 0 Å². The van der Waals surface area contributed by atoms with E-state index in [1.54, 1.807) is 24.3 Å². The van der Waals surface area contributed by atoms with Crippen LogP contribution in [0.3, 0.4) is 0 Å². The molecule has 0 spiro atoms. The molecule has 4 amide bonds. The molecule has 4 atom stereocenters. The number of likely N-dealkylation sites (N-methyl/N-ethyl adjacent to an activating group) is 1. The monoisotopic (exact) mass is 397 g/mol. The Morgan fingerprint density at radius 1 is 1.17 bits per heavy atom. The minimum atomic E-state index is -0.451. The van der Waals surface area contributed by atoms with Crippen LogP contribution < -0.4 is 10.1 Å². The number of allylic oxidation sites excluding steroid dienone is 2. The van der Waals surface area contributed by atoms with E-state index in [1.807, 2.05) is 12.2 Å². The highest BCUT2D eigenvalue weighted by Crippen LogP contribution is 2.52. The van der Waals surface area contributed by atoms with Crippen LogP contribution in [0.15, 0.2) is 36.4 Å². The van der Waals surface area contributed by atoms with Gasteiger partial charge in [-0.25, -0.2) is 0 Å². The topological polar surface area (TPSA) is 96.0 Å². The second kappa shape index (κ2) is 7.35. The molecule has 29 heavy (non-hydrogen) atoms. The number of nitrogens with one attached hydrogen (secondary N) is 1. The molecule has 4 rings (SSSR count). The Bertz CT molecular complexity index is 881. The lowest BCUT2D eigenvalue weighted by molar-refractivity contribution is -0.147. The van der Waals surface area contributed by atoms with Crippen molar-refractivity contribution in [3.63, 3.8) is 0 Å². The van der Waals surface area contributed by atoms with Crippen molar-refractivity contribution in [2.75, 3.05) is 32.6 Å². The Morgan fingerprint density at radius 3 is 2.45 bits per heavy atom. The molecule has 3 aliphatic rings. The zero-order valence-electron chi connectivity index (χ0n) is 16.3. The van der Waals surface area contributed by atoms with Gasteiger partial charge in [-0.3, -0.25) is 24.1 Å². The van der Waals surface area contributed by atoms with Crippen LogP contribution in [-0.4, -0.2) is 60.7 Å². The number of hydrogen-bond donors (Lipinski definition) is 1. The molecule has 8 nitrogen and oxygen atoms in total. The van der Waals surface area contributed by atoms with E-state index in [-0.39, 0.29) is 54.5 Å². The highest BCUT2D eigenvalue weighted by Gasteiger charge is 2.59. The summed E-state index contributed by atoms with van der Waals surface area (Å²) in [7, 11) is 3.01. The van der Waals surface area contributed by atoms with Crippen molar-refractivity contribution in [1.29, 1.82) is 0 Å². The summed E-state index contributed by atoms with van der Waals surface area (Å²) in [6.45, 7) is -0.515. The van der Waals surface area contributed by atoms with Crippen LogP contribution in [-0.2, 0) is 19.2 Å². The van der Waals surface area contributed by atoms with Crippen molar-refractivity contribution in [1.82, 2.24) is 9.80 Å². The van der Waals surface area contributed by atoms with E-state index in [4.69, 9.17) is 4.74 Å². The van der Waals surface area contributed by atoms with Gasteiger partial charge in [0, 0.05) is 18.8 Å². The van der Waals surface area contributed by atoms with Gasteiger partial charge in [0.15, 0.2) is 0 Å². The fraction of sp³-hybridized carbons (Fsp3) is 0.429. The maximum Gasteiger partial charge on any atom is 0.243 e. The molecule has 0 aromatic heterocycles. The van der Waals surface area contributed by atoms with Gasteiger partial charge in [-0.1, -0.05) is 18.2 Å². The fourth-order valence-corrected chi connectivity index (χ4v) is 4.58. The first kappa shape index (κ1) is 19.2. The van der Waals surface area contributed by atoms with Gasteiger partial charge in [-0.2, -0.15) is 0 Å². The largest absolute Gasteiger partial charge is 0.497 e. The quantitative estimate of drug-likeness (QED) is 0.568. The summed E-state index contributed by atoms with van der Waals surface area (Å²) in [5, 5.41) is 2.70. The number of hydrogen-bond acceptors (Lipinski definition) is 5. The molecule has 1 heterocycles. The van der Waals surface area contributed by atoms with Crippen molar-refractivity contribution in [2.45, 2.75) is 6.42 Å².